The highest BCUT2D eigenvalue weighted by Crippen LogP contribution is 2.20. The fourth-order valence-electron chi connectivity index (χ4n) is 1.97. The summed E-state index contributed by atoms with van der Waals surface area (Å²) in [6, 6.07) is 14.4. The van der Waals surface area contributed by atoms with Gasteiger partial charge in [0.05, 0.1) is 0 Å². The largest absolute Gasteiger partial charge is 0.360 e. The minimum atomic E-state index is -0.162. The molecule has 0 saturated carbocycles. The van der Waals surface area contributed by atoms with Gasteiger partial charge in [0.15, 0.2) is 0 Å². The van der Waals surface area contributed by atoms with E-state index in [1.54, 1.807) is 6.07 Å². The predicted molar refractivity (Wildman–Crippen MR) is 83.9 cm³/mol. The van der Waals surface area contributed by atoms with Gasteiger partial charge < -0.3 is 10.3 Å². The number of H-pyrrole nitrogens is 2. The van der Waals surface area contributed by atoms with Crippen molar-refractivity contribution in [2.45, 2.75) is 0 Å². The predicted octanol–water partition coefficient (Wildman–Crippen LogP) is 1.53. The lowest BCUT2D eigenvalue weighted by Crippen LogP contribution is -2.03. The first-order valence-electron chi connectivity index (χ1n) is 6.66. The highest BCUT2D eigenvalue weighted by atomic mass is 16.1. The van der Waals surface area contributed by atoms with Crippen LogP contribution in [-0.4, -0.2) is 25.6 Å². The Kier molecular flexibility index (Phi) is 3.93. The second-order valence-electron chi connectivity index (χ2n) is 4.56. The third kappa shape index (κ3) is 3.30. The number of anilines is 1. The van der Waals surface area contributed by atoms with Crippen molar-refractivity contribution in [3.8, 4) is 17.3 Å². The summed E-state index contributed by atoms with van der Waals surface area (Å²) in [5.41, 5.74) is 2.40. The van der Waals surface area contributed by atoms with Gasteiger partial charge in [-0.25, -0.2) is 0 Å². The van der Waals surface area contributed by atoms with Crippen LogP contribution in [0.4, 0.5) is 5.69 Å². The van der Waals surface area contributed by atoms with Crippen LogP contribution in [0.5, 0.6) is 0 Å². The number of aromatic nitrogens is 5. The van der Waals surface area contributed by atoms with E-state index >= 15 is 0 Å². The number of nitrogens with one attached hydrogen (secondary N) is 3. The normalized spacial score (nSPS) is 11.0. The molecule has 0 atom stereocenters. The summed E-state index contributed by atoms with van der Waals surface area (Å²) in [5, 5.41) is 25.4. The van der Waals surface area contributed by atoms with Crippen molar-refractivity contribution in [2.24, 2.45) is 0 Å². The molecule has 112 valence electrons. The van der Waals surface area contributed by atoms with Crippen LogP contribution in [0, 0.1) is 11.3 Å². The van der Waals surface area contributed by atoms with Crippen molar-refractivity contribution in [1.82, 2.24) is 25.6 Å². The van der Waals surface area contributed by atoms with E-state index in [1.165, 1.54) is 12.3 Å². The van der Waals surface area contributed by atoms with Crippen LogP contribution in [0.15, 0.2) is 53.5 Å². The average Bonchev–Trinajstić information content (AvgIpc) is 3.10. The fourth-order valence-corrected chi connectivity index (χ4v) is 1.97. The molecule has 0 aliphatic rings. The molecule has 0 aliphatic carbocycles. The molecule has 3 N–H and O–H groups in total. The zero-order valence-electron chi connectivity index (χ0n) is 11.8. The first-order chi connectivity index (χ1) is 11.3. The first kappa shape index (κ1) is 14.2. The highest BCUT2D eigenvalue weighted by Gasteiger charge is 2.05. The molecule has 3 rings (SSSR count). The Hall–Kier alpha value is -3.73. The van der Waals surface area contributed by atoms with E-state index in [9.17, 15) is 4.79 Å². The average molecular weight is 305 g/mol. The quantitative estimate of drug-likeness (QED) is 0.628. The zero-order chi connectivity index (χ0) is 16.1. The van der Waals surface area contributed by atoms with Gasteiger partial charge in [-0.2, -0.15) is 10.5 Å². The van der Waals surface area contributed by atoms with Gasteiger partial charge >= 0.3 is 0 Å². The molecule has 0 saturated heterocycles. The molecule has 0 bridgehead atoms. The van der Waals surface area contributed by atoms with E-state index < -0.39 is 0 Å². The lowest BCUT2D eigenvalue weighted by atomic mass is 10.1. The lowest BCUT2D eigenvalue weighted by Gasteiger charge is -2.05. The smallest absolute Gasteiger partial charge is 0.248 e. The van der Waals surface area contributed by atoms with Crippen molar-refractivity contribution < 1.29 is 0 Å². The van der Waals surface area contributed by atoms with E-state index in [2.05, 4.69) is 30.9 Å². The molecular formula is C15H11N7O. The molecule has 0 unspecified atom stereocenters. The topological polar surface area (TPSA) is 123 Å². The van der Waals surface area contributed by atoms with Gasteiger partial charge in [-0.1, -0.05) is 18.2 Å². The first-order valence-corrected chi connectivity index (χ1v) is 6.66. The third-order valence-electron chi connectivity index (χ3n) is 3.03. The van der Waals surface area contributed by atoms with Crippen LogP contribution in [-0.2, 0) is 0 Å². The Morgan fingerprint density at radius 2 is 2.13 bits per heavy atom. The molecule has 0 aliphatic heterocycles. The van der Waals surface area contributed by atoms with Gasteiger partial charge in [0.2, 0.25) is 11.4 Å². The summed E-state index contributed by atoms with van der Waals surface area (Å²) in [6.07, 6.45) is 1.50. The van der Waals surface area contributed by atoms with Crippen molar-refractivity contribution >= 4 is 11.3 Å². The molecule has 0 amide bonds. The van der Waals surface area contributed by atoms with Gasteiger partial charge in [-0.15, -0.1) is 10.2 Å². The second kappa shape index (κ2) is 6.36. The molecule has 8 heteroatoms. The minimum Gasteiger partial charge on any atom is -0.360 e. The highest BCUT2D eigenvalue weighted by molar-refractivity contribution is 5.74. The maximum atomic E-state index is 11.4. The summed E-state index contributed by atoms with van der Waals surface area (Å²) < 4.78 is 0. The molecule has 3 aromatic rings. The number of pyridine rings is 1. The maximum absolute atomic E-state index is 11.4. The number of hydrogen-bond acceptors (Lipinski definition) is 6. The Balaban J connectivity index is 1.86. The summed E-state index contributed by atoms with van der Waals surface area (Å²) >= 11 is 0. The molecule has 0 fully saturated rings. The van der Waals surface area contributed by atoms with Gasteiger partial charge in [0.25, 0.3) is 0 Å². The lowest BCUT2D eigenvalue weighted by molar-refractivity contribution is 0.881. The van der Waals surface area contributed by atoms with E-state index in [1.807, 2.05) is 36.4 Å². The van der Waals surface area contributed by atoms with Crippen LogP contribution < -0.4 is 10.9 Å². The second-order valence-corrected chi connectivity index (χ2v) is 4.56. The number of allylic oxidation sites excluding steroid dienone is 1. The number of rotatable bonds is 4. The van der Waals surface area contributed by atoms with Crippen molar-refractivity contribution in [2.75, 3.05) is 5.32 Å². The van der Waals surface area contributed by atoms with Gasteiger partial charge in [0.1, 0.15) is 11.6 Å². The Labute approximate surface area is 130 Å². The zero-order valence-corrected chi connectivity index (χ0v) is 11.8. The van der Waals surface area contributed by atoms with Gasteiger partial charge in [0, 0.05) is 29.2 Å². The third-order valence-corrected chi connectivity index (χ3v) is 3.03. The summed E-state index contributed by atoms with van der Waals surface area (Å²) in [6.45, 7) is 0. The monoisotopic (exact) mass is 305 g/mol. The number of aromatic amines is 2. The van der Waals surface area contributed by atoms with E-state index in [0.29, 0.717) is 5.69 Å². The molecule has 8 nitrogen and oxygen atoms in total. The van der Waals surface area contributed by atoms with E-state index in [4.69, 9.17) is 5.26 Å². The molecule has 23 heavy (non-hydrogen) atoms. The van der Waals surface area contributed by atoms with Crippen LogP contribution >= 0.6 is 0 Å². The fraction of sp³-hybridized carbons (Fsp3) is 0. The van der Waals surface area contributed by atoms with E-state index in [-0.39, 0.29) is 17.0 Å². The Bertz CT molecular complexity index is 935. The number of hydrogen-bond donors (Lipinski definition) is 3. The van der Waals surface area contributed by atoms with Crippen LogP contribution in [0.2, 0.25) is 0 Å². The molecule has 1 aromatic carbocycles. The standard InChI is InChI=1S/C15H11N7O/c16-8-11(15-19-21-22-20-15)9-17-12-4-1-3-10(7-12)13-5-2-6-14(23)18-13/h1-7,9,17H,(H,18,23)(H,19,20,21,22). The number of nitriles is 1. The van der Waals surface area contributed by atoms with Crippen molar-refractivity contribution in [3.05, 3.63) is 64.8 Å². The Morgan fingerprint density at radius 1 is 1.26 bits per heavy atom. The van der Waals surface area contributed by atoms with E-state index in [0.717, 1.165) is 11.3 Å². The summed E-state index contributed by atoms with van der Waals surface area (Å²) in [7, 11) is 0. The molecule has 2 heterocycles. The molecule has 0 spiro atoms. The summed E-state index contributed by atoms with van der Waals surface area (Å²) in [5.74, 6) is 0.212. The van der Waals surface area contributed by atoms with Crippen molar-refractivity contribution in [1.29, 1.82) is 5.26 Å². The molecule has 0 radical (unpaired) electrons. The summed E-state index contributed by atoms with van der Waals surface area (Å²) in [4.78, 5) is 14.2. The number of nitrogens with zero attached hydrogens (tertiary/aromatic N) is 4. The minimum absolute atomic E-state index is 0.162. The van der Waals surface area contributed by atoms with Gasteiger partial charge in [-0.3, -0.25) is 4.79 Å². The van der Waals surface area contributed by atoms with Gasteiger partial charge in [-0.05, 0) is 23.4 Å². The van der Waals surface area contributed by atoms with Crippen molar-refractivity contribution in [3.63, 3.8) is 0 Å². The van der Waals surface area contributed by atoms with Crippen LogP contribution in [0.1, 0.15) is 5.82 Å². The SMILES string of the molecule is N#CC(=CNc1cccc(-c2cccc(=O)[nH]2)c1)c1nn[nH]n1. The Morgan fingerprint density at radius 3 is 2.87 bits per heavy atom. The number of tetrazole rings is 1. The van der Waals surface area contributed by atoms with Crippen LogP contribution in [0.3, 0.4) is 0 Å². The molecular weight excluding hydrogens is 294 g/mol. The maximum Gasteiger partial charge on any atom is 0.248 e. The number of benzene rings is 1. The molecule has 2 aromatic heterocycles. The van der Waals surface area contributed by atoms with Crippen LogP contribution in [0.25, 0.3) is 16.8 Å².